The van der Waals surface area contributed by atoms with Gasteiger partial charge in [-0.1, -0.05) is 6.07 Å². The minimum absolute atomic E-state index is 1.22. The van der Waals surface area contributed by atoms with E-state index in [1.54, 1.807) is 11.3 Å². The van der Waals surface area contributed by atoms with Crippen LogP contribution < -0.4 is 0 Å². The SMILES string of the molecule is Cc1ccc[nH]1.Cc1cccs1. The zero-order valence-corrected chi connectivity index (χ0v) is 8.19. The Kier molecular flexibility index (Phi) is 3.61. The fourth-order valence-corrected chi connectivity index (χ4v) is 1.31. The maximum Gasteiger partial charge on any atom is 0.0115 e. The number of aromatic amines is 1. The van der Waals surface area contributed by atoms with E-state index in [1.807, 2.05) is 25.3 Å². The molecule has 0 saturated heterocycles. The van der Waals surface area contributed by atoms with Gasteiger partial charge in [-0.25, -0.2) is 0 Å². The molecule has 0 radical (unpaired) electrons. The third kappa shape index (κ3) is 3.39. The molecule has 0 spiro atoms. The Morgan fingerprint density at radius 3 is 2.17 bits per heavy atom. The number of aryl methyl sites for hydroxylation is 2. The lowest BCUT2D eigenvalue weighted by atomic mass is 10.5. The third-order valence-corrected chi connectivity index (χ3v) is 2.22. The summed E-state index contributed by atoms with van der Waals surface area (Å²) < 4.78 is 0. The van der Waals surface area contributed by atoms with E-state index in [1.165, 1.54) is 10.6 Å². The second kappa shape index (κ2) is 4.78. The van der Waals surface area contributed by atoms with Gasteiger partial charge in [0, 0.05) is 16.8 Å². The number of hydrogen-bond donors (Lipinski definition) is 1. The smallest absolute Gasteiger partial charge is 0.0115 e. The summed E-state index contributed by atoms with van der Waals surface area (Å²) in [5.41, 5.74) is 1.22. The molecular weight excluding hydrogens is 166 g/mol. The first-order valence-electron chi connectivity index (χ1n) is 3.89. The van der Waals surface area contributed by atoms with E-state index >= 15 is 0 Å². The van der Waals surface area contributed by atoms with Gasteiger partial charge in [-0.2, -0.15) is 0 Å². The molecule has 2 aromatic rings. The van der Waals surface area contributed by atoms with Gasteiger partial charge in [-0.3, -0.25) is 0 Å². The lowest BCUT2D eigenvalue weighted by Crippen LogP contribution is -1.59. The molecule has 12 heavy (non-hydrogen) atoms. The van der Waals surface area contributed by atoms with Gasteiger partial charge in [0.15, 0.2) is 0 Å². The van der Waals surface area contributed by atoms with Crippen molar-refractivity contribution in [3.8, 4) is 0 Å². The first kappa shape index (κ1) is 9.07. The highest BCUT2D eigenvalue weighted by Crippen LogP contribution is 2.03. The number of rotatable bonds is 0. The zero-order valence-electron chi connectivity index (χ0n) is 7.37. The van der Waals surface area contributed by atoms with E-state index in [0.29, 0.717) is 0 Å². The topological polar surface area (TPSA) is 15.8 Å². The largest absolute Gasteiger partial charge is 0.365 e. The first-order valence-corrected chi connectivity index (χ1v) is 4.77. The molecule has 2 aromatic heterocycles. The van der Waals surface area contributed by atoms with Crippen molar-refractivity contribution < 1.29 is 0 Å². The highest BCUT2D eigenvalue weighted by molar-refractivity contribution is 7.09. The van der Waals surface area contributed by atoms with Crippen LogP contribution in [0.5, 0.6) is 0 Å². The fraction of sp³-hybridized carbons (Fsp3) is 0.200. The summed E-state index contributed by atoms with van der Waals surface area (Å²) in [6.45, 7) is 4.13. The molecule has 2 rings (SSSR count). The lowest BCUT2D eigenvalue weighted by Gasteiger charge is -1.70. The number of thiophene rings is 1. The number of H-pyrrole nitrogens is 1. The van der Waals surface area contributed by atoms with E-state index in [2.05, 4.69) is 29.4 Å². The van der Waals surface area contributed by atoms with Crippen LogP contribution in [0, 0.1) is 13.8 Å². The van der Waals surface area contributed by atoms with Gasteiger partial charge < -0.3 is 4.98 Å². The van der Waals surface area contributed by atoms with Crippen molar-refractivity contribution in [2.45, 2.75) is 13.8 Å². The second-order valence-corrected chi connectivity index (χ2v) is 3.73. The van der Waals surface area contributed by atoms with Gasteiger partial charge in [-0.05, 0) is 37.4 Å². The van der Waals surface area contributed by atoms with Crippen molar-refractivity contribution in [3.63, 3.8) is 0 Å². The molecule has 0 aliphatic rings. The highest BCUT2D eigenvalue weighted by atomic mass is 32.1. The Hall–Kier alpha value is -1.02. The van der Waals surface area contributed by atoms with Crippen molar-refractivity contribution >= 4 is 11.3 Å². The summed E-state index contributed by atoms with van der Waals surface area (Å²) in [5.74, 6) is 0. The van der Waals surface area contributed by atoms with Gasteiger partial charge in [0.05, 0.1) is 0 Å². The van der Waals surface area contributed by atoms with E-state index in [-0.39, 0.29) is 0 Å². The van der Waals surface area contributed by atoms with Gasteiger partial charge in [0.1, 0.15) is 0 Å². The maximum absolute atomic E-state index is 3.00. The van der Waals surface area contributed by atoms with Gasteiger partial charge in [-0.15, -0.1) is 11.3 Å². The Labute approximate surface area is 77.1 Å². The highest BCUT2D eigenvalue weighted by Gasteiger charge is 1.74. The van der Waals surface area contributed by atoms with Gasteiger partial charge in [0.25, 0.3) is 0 Å². The summed E-state index contributed by atoms with van der Waals surface area (Å²) in [7, 11) is 0. The minimum atomic E-state index is 1.22. The van der Waals surface area contributed by atoms with E-state index in [4.69, 9.17) is 0 Å². The fourth-order valence-electron chi connectivity index (χ4n) is 0.781. The van der Waals surface area contributed by atoms with Crippen LogP contribution in [0.2, 0.25) is 0 Å². The van der Waals surface area contributed by atoms with Crippen molar-refractivity contribution in [1.82, 2.24) is 4.98 Å². The summed E-state index contributed by atoms with van der Waals surface area (Å²) in [4.78, 5) is 4.38. The molecule has 0 aliphatic heterocycles. The Bertz CT molecular complexity index is 249. The summed E-state index contributed by atoms with van der Waals surface area (Å²) in [6.07, 6.45) is 1.91. The number of aromatic nitrogens is 1. The number of hydrogen-bond acceptors (Lipinski definition) is 1. The van der Waals surface area contributed by atoms with Crippen LogP contribution in [0.4, 0.5) is 0 Å². The van der Waals surface area contributed by atoms with E-state index in [0.717, 1.165) is 0 Å². The summed E-state index contributed by atoms with van der Waals surface area (Å²) >= 11 is 1.78. The van der Waals surface area contributed by atoms with Crippen molar-refractivity contribution in [2.75, 3.05) is 0 Å². The summed E-state index contributed by atoms with van der Waals surface area (Å²) in [5, 5.41) is 2.08. The quantitative estimate of drug-likeness (QED) is 0.638. The van der Waals surface area contributed by atoms with Crippen LogP contribution in [-0.4, -0.2) is 4.98 Å². The molecule has 0 aliphatic carbocycles. The predicted molar refractivity (Wildman–Crippen MR) is 54.6 cm³/mol. The van der Waals surface area contributed by atoms with Gasteiger partial charge >= 0.3 is 0 Å². The molecule has 0 atom stereocenters. The van der Waals surface area contributed by atoms with Crippen LogP contribution in [0.25, 0.3) is 0 Å². The molecular formula is C10H13NS. The Morgan fingerprint density at radius 1 is 1.17 bits per heavy atom. The van der Waals surface area contributed by atoms with Crippen LogP contribution in [0.15, 0.2) is 35.8 Å². The van der Waals surface area contributed by atoms with Crippen molar-refractivity contribution in [2.24, 2.45) is 0 Å². The van der Waals surface area contributed by atoms with Crippen LogP contribution >= 0.6 is 11.3 Å². The standard InChI is InChI=1S/C5H7N.C5H6S/c2*1-5-3-2-4-6-5/h2-4,6H,1H3;2-4H,1H3. The third-order valence-electron chi connectivity index (χ3n) is 1.42. The monoisotopic (exact) mass is 179 g/mol. The van der Waals surface area contributed by atoms with Crippen LogP contribution in [-0.2, 0) is 0 Å². The van der Waals surface area contributed by atoms with Crippen molar-refractivity contribution in [3.05, 3.63) is 46.4 Å². The molecule has 2 heteroatoms. The molecule has 0 unspecified atom stereocenters. The zero-order chi connectivity index (χ0) is 8.81. The van der Waals surface area contributed by atoms with Gasteiger partial charge in [0.2, 0.25) is 0 Å². The molecule has 0 fully saturated rings. The van der Waals surface area contributed by atoms with Crippen LogP contribution in [0.1, 0.15) is 10.6 Å². The first-order chi connectivity index (χ1) is 5.79. The molecule has 0 bridgehead atoms. The predicted octanol–water partition coefficient (Wildman–Crippen LogP) is 3.38. The molecule has 2 heterocycles. The minimum Gasteiger partial charge on any atom is -0.365 e. The molecule has 0 saturated carbocycles. The normalized spacial score (nSPS) is 8.83. The van der Waals surface area contributed by atoms with Crippen LogP contribution in [0.3, 0.4) is 0 Å². The second-order valence-electron chi connectivity index (χ2n) is 2.58. The average molecular weight is 179 g/mol. The Morgan fingerprint density at radius 2 is 2.00 bits per heavy atom. The molecule has 0 amide bonds. The molecule has 64 valence electrons. The lowest BCUT2D eigenvalue weighted by molar-refractivity contribution is 1.27. The summed E-state index contributed by atoms with van der Waals surface area (Å²) in [6, 6.07) is 8.17. The van der Waals surface area contributed by atoms with E-state index in [9.17, 15) is 0 Å². The van der Waals surface area contributed by atoms with Crippen molar-refractivity contribution in [1.29, 1.82) is 0 Å². The maximum atomic E-state index is 3.00. The molecule has 0 aromatic carbocycles. The molecule has 1 nitrogen and oxygen atoms in total. The molecule has 1 N–H and O–H groups in total. The Balaban J connectivity index is 0.000000120. The number of nitrogens with one attached hydrogen (secondary N) is 1. The average Bonchev–Trinajstić information content (AvgIpc) is 2.63. The van der Waals surface area contributed by atoms with E-state index < -0.39 is 0 Å².